The second-order valence-electron chi connectivity index (χ2n) is 2.06. The van der Waals surface area contributed by atoms with Crippen LogP contribution in [0, 0.1) is 0 Å². The molecule has 0 aliphatic carbocycles. The third-order valence-corrected chi connectivity index (χ3v) is 1.50. The van der Waals surface area contributed by atoms with Crippen LogP contribution in [0.1, 0.15) is 0 Å². The van der Waals surface area contributed by atoms with E-state index in [1.807, 2.05) is 0 Å². The Morgan fingerprint density at radius 1 is 1.25 bits per heavy atom. The Kier molecular flexibility index (Phi) is 5.76. The molecule has 0 heterocycles. The maximum Gasteiger partial charge on any atom is 0.240 e. The lowest BCUT2D eigenvalue weighted by Gasteiger charge is -2.20. The molecular weight excluding hydrogens is 230 g/mol. The standard InChI is InChI=1S/C5H9Cl3O4/c6-5(7,8)4(11)12-2-3(10)1-9/h3-4,9-11H,1-2H2. The van der Waals surface area contributed by atoms with Gasteiger partial charge >= 0.3 is 0 Å². The van der Waals surface area contributed by atoms with E-state index in [1.54, 1.807) is 0 Å². The molecule has 3 N–H and O–H groups in total. The third kappa shape index (κ3) is 5.37. The molecule has 4 nitrogen and oxygen atoms in total. The molecule has 0 amide bonds. The van der Waals surface area contributed by atoms with Gasteiger partial charge in [-0.3, -0.25) is 0 Å². The molecule has 7 heteroatoms. The van der Waals surface area contributed by atoms with E-state index in [9.17, 15) is 0 Å². The van der Waals surface area contributed by atoms with E-state index >= 15 is 0 Å². The van der Waals surface area contributed by atoms with Crippen molar-refractivity contribution < 1.29 is 20.1 Å². The molecule has 0 aromatic rings. The van der Waals surface area contributed by atoms with Gasteiger partial charge in [-0.2, -0.15) is 0 Å². The van der Waals surface area contributed by atoms with Crippen molar-refractivity contribution in [2.75, 3.05) is 13.2 Å². The highest BCUT2D eigenvalue weighted by Crippen LogP contribution is 2.30. The quantitative estimate of drug-likeness (QED) is 0.479. The molecule has 0 radical (unpaired) electrons. The number of aliphatic hydroxyl groups is 3. The van der Waals surface area contributed by atoms with Gasteiger partial charge < -0.3 is 20.1 Å². The fourth-order valence-corrected chi connectivity index (χ4v) is 0.538. The molecule has 0 aliphatic heterocycles. The highest BCUT2D eigenvalue weighted by atomic mass is 35.6. The van der Waals surface area contributed by atoms with Crippen LogP contribution in [0.15, 0.2) is 0 Å². The van der Waals surface area contributed by atoms with Crippen molar-refractivity contribution in [3.63, 3.8) is 0 Å². The monoisotopic (exact) mass is 238 g/mol. The van der Waals surface area contributed by atoms with Crippen LogP contribution in [0.2, 0.25) is 0 Å². The van der Waals surface area contributed by atoms with Gasteiger partial charge in [-0.15, -0.1) is 0 Å². The summed E-state index contributed by atoms with van der Waals surface area (Å²) in [6, 6.07) is 0. The molecular formula is C5H9Cl3O4. The number of ether oxygens (including phenoxy) is 1. The van der Waals surface area contributed by atoms with Gasteiger partial charge in [0.2, 0.25) is 10.1 Å². The van der Waals surface area contributed by atoms with Crippen molar-refractivity contribution in [3.8, 4) is 0 Å². The van der Waals surface area contributed by atoms with Gasteiger partial charge in [0, 0.05) is 0 Å². The van der Waals surface area contributed by atoms with Crippen molar-refractivity contribution in [2.45, 2.75) is 16.2 Å². The zero-order chi connectivity index (χ0) is 9.78. The number of hydrogen-bond acceptors (Lipinski definition) is 4. The third-order valence-electron chi connectivity index (χ3n) is 0.937. The van der Waals surface area contributed by atoms with Gasteiger partial charge in [-0.05, 0) is 0 Å². The van der Waals surface area contributed by atoms with Crippen LogP contribution >= 0.6 is 34.8 Å². The van der Waals surface area contributed by atoms with E-state index in [0.717, 1.165) is 0 Å². The maximum atomic E-state index is 8.92. The summed E-state index contributed by atoms with van der Waals surface area (Å²) in [4.78, 5) is 0. The number of halogens is 3. The lowest BCUT2D eigenvalue weighted by atomic mass is 10.4. The van der Waals surface area contributed by atoms with Crippen LogP contribution in [0.4, 0.5) is 0 Å². The maximum absolute atomic E-state index is 8.92. The Bertz CT molecular complexity index is 126. The summed E-state index contributed by atoms with van der Waals surface area (Å²) in [6.45, 7) is -0.780. The summed E-state index contributed by atoms with van der Waals surface area (Å²) in [5.41, 5.74) is 0. The zero-order valence-electron chi connectivity index (χ0n) is 5.95. The molecule has 0 rings (SSSR count). The molecule has 0 aliphatic rings. The van der Waals surface area contributed by atoms with Crippen LogP contribution in [0.5, 0.6) is 0 Å². The molecule has 0 spiro atoms. The average Bonchev–Trinajstić information content (AvgIpc) is 1.97. The lowest BCUT2D eigenvalue weighted by molar-refractivity contribution is -0.123. The summed E-state index contributed by atoms with van der Waals surface area (Å²) in [5, 5.41) is 26.0. The first kappa shape index (κ1) is 12.7. The van der Waals surface area contributed by atoms with Crippen LogP contribution in [-0.4, -0.2) is 44.7 Å². The first-order chi connectivity index (χ1) is 5.38. The Labute approximate surface area is 84.6 Å². The Balaban J connectivity index is 3.64. The Morgan fingerprint density at radius 3 is 2.08 bits per heavy atom. The predicted molar refractivity (Wildman–Crippen MR) is 45.3 cm³/mol. The first-order valence-electron chi connectivity index (χ1n) is 3.03. The molecule has 2 atom stereocenters. The molecule has 0 aromatic heterocycles. The van der Waals surface area contributed by atoms with Gasteiger partial charge in [0.15, 0.2) is 0 Å². The molecule has 0 saturated heterocycles. The number of rotatable bonds is 4. The van der Waals surface area contributed by atoms with Crippen LogP contribution in [-0.2, 0) is 4.74 Å². The molecule has 74 valence electrons. The van der Waals surface area contributed by atoms with Gasteiger partial charge in [0.25, 0.3) is 0 Å². The van der Waals surface area contributed by atoms with Crippen molar-refractivity contribution >= 4 is 34.8 Å². The molecule has 0 aromatic carbocycles. The summed E-state index contributed by atoms with van der Waals surface area (Å²) >= 11 is 15.7. The Hall–Kier alpha value is 0.710. The largest absolute Gasteiger partial charge is 0.394 e. The number of alkyl halides is 3. The second kappa shape index (κ2) is 5.44. The van der Waals surface area contributed by atoms with E-state index in [0.29, 0.717) is 0 Å². The molecule has 12 heavy (non-hydrogen) atoms. The summed E-state index contributed by atoms with van der Waals surface area (Å²) < 4.78 is 2.56. The minimum Gasteiger partial charge on any atom is -0.394 e. The summed E-state index contributed by atoms with van der Waals surface area (Å²) in [7, 11) is 0. The first-order valence-corrected chi connectivity index (χ1v) is 4.16. The highest BCUT2D eigenvalue weighted by Gasteiger charge is 2.32. The van der Waals surface area contributed by atoms with Crippen LogP contribution in [0.3, 0.4) is 0 Å². The number of hydrogen-bond donors (Lipinski definition) is 3. The lowest BCUT2D eigenvalue weighted by Crippen LogP contribution is -2.32. The fourth-order valence-electron chi connectivity index (χ4n) is 0.349. The van der Waals surface area contributed by atoms with Crippen molar-refractivity contribution in [1.29, 1.82) is 0 Å². The van der Waals surface area contributed by atoms with E-state index in [2.05, 4.69) is 4.74 Å². The van der Waals surface area contributed by atoms with Crippen molar-refractivity contribution in [2.24, 2.45) is 0 Å². The van der Waals surface area contributed by atoms with E-state index in [1.165, 1.54) is 0 Å². The smallest absolute Gasteiger partial charge is 0.240 e. The molecule has 0 bridgehead atoms. The minimum absolute atomic E-state index is 0.300. The van der Waals surface area contributed by atoms with Crippen molar-refractivity contribution in [3.05, 3.63) is 0 Å². The average molecular weight is 239 g/mol. The zero-order valence-corrected chi connectivity index (χ0v) is 8.22. The predicted octanol–water partition coefficient (Wildman–Crippen LogP) is 0.0448. The SMILES string of the molecule is OCC(O)COC(O)C(Cl)(Cl)Cl. The number of aliphatic hydroxyl groups excluding tert-OH is 3. The highest BCUT2D eigenvalue weighted by molar-refractivity contribution is 6.67. The van der Waals surface area contributed by atoms with E-state index < -0.39 is 22.8 Å². The second-order valence-corrected chi connectivity index (χ2v) is 4.43. The van der Waals surface area contributed by atoms with Gasteiger partial charge in [-0.25, -0.2) is 0 Å². The van der Waals surface area contributed by atoms with Crippen molar-refractivity contribution in [1.82, 2.24) is 0 Å². The molecule has 0 fully saturated rings. The van der Waals surface area contributed by atoms with E-state index in [4.69, 9.17) is 50.1 Å². The fraction of sp³-hybridized carbons (Fsp3) is 1.00. The molecule has 0 saturated carbocycles. The van der Waals surface area contributed by atoms with Crippen LogP contribution in [0.25, 0.3) is 0 Å². The van der Waals surface area contributed by atoms with Gasteiger partial charge in [0.05, 0.1) is 13.2 Å². The summed E-state index contributed by atoms with van der Waals surface area (Å²) in [5.74, 6) is 0. The van der Waals surface area contributed by atoms with Gasteiger partial charge in [-0.1, -0.05) is 34.8 Å². The topological polar surface area (TPSA) is 69.9 Å². The van der Waals surface area contributed by atoms with Gasteiger partial charge in [0.1, 0.15) is 6.10 Å². The minimum atomic E-state index is -1.95. The normalized spacial score (nSPS) is 17.5. The van der Waals surface area contributed by atoms with E-state index in [-0.39, 0.29) is 6.61 Å². The summed E-state index contributed by atoms with van der Waals surface area (Å²) in [6.07, 6.45) is -2.71. The van der Waals surface area contributed by atoms with Crippen LogP contribution < -0.4 is 0 Å². The molecule has 2 unspecified atom stereocenters. The Morgan fingerprint density at radius 2 is 1.75 bits per heavy atom.